The maximum Gasteiger partial charge on any atom is 0.320 e. The lowest BCUT2D eigenvalue weighted by Gasteiger charge is -2.30. The third-order valence-electron chi connectivity index (χ3n) is 3.40. The zero-order valence-corrected chi connectivity index (χ0v) is 13.2. The van der Waals surface area contributed by atoms with Gasteiger partial charge in [0.25, 0.3) is 5.91 Å². The molecule has 1 aliphatic rings. The molecule has 0 saturated carbocycles. The van der Waals surface area contributed by atoms with Gasteiger partial charge in [0.05, 0.1) is 26.9 Å². The molecule has 1 N–H and O–H groups in total. The summed E-state index contributed by atoms with van der Waals surface area (Å²) in [6, 6.07) is 1.57. The molecule has 2 heterocycles. The van der Waals surface area contributed by atoms with Crippen molar-refractivity contribution in [2.45, 2.75) is 12.5 Å². The van der Waals surface area contributed by atoms with Crippen LogP contribution in [0.4, 0.5) is 0 Å². The van der Waals surface area contributed by atoms with Crippen LogP contribution in [0.25, 0.3) is 0 Å². The quantitative estimate of drug-likeness (QED) is 0.788. The number of carbonyl (C=O) groups is 1. The van der Waals surface area contributed by atoms with Gasteiger partial charge in [-0.3, -0.25) is 4.79 Å². The highest BCUT2D eigenvalue weighted by Gasteiger charge is 2.18. The number of methoxy groups -OCH3 is 2. The van der Waals surface area contributed by atoms with Crippen molar-refractivity contribution < 1.29 is 19.0 Å². The summed E-state index contributed by atoms with van der Waals surface area (Å²) in [5, 5.41) is 2.82. The van der Waals surface area contributed by atoms with Crippen molar-refractivity contribution in [3.05, 3.63) is 11.8 Å². The van der Waals surface area contributed by atoms with Crippen LogP contribution < -0.4 is 14.8 Å². The molecule has 1 atom stereocenters. The predicted octanol–water partition coefficient (Wildman–Crippen LogP) is -0.0557. The van der Waals surface area contributed by atoms with E-state index in [9.17, 15) is 4.79 Å². The number of amides is 1. The fraction of sp³-hybridized carbons (Fsp3) is 0.643. The molecule has 0 radical (unpaired) electrons. The van der Waals surface area contributed by atoms with Gasteiger partial charge >= 0.3 is 6.01 Å². The van der Waals surface area contributed by atoms with Crippen LogP contribution in [0.1, 0.15) is 16.9 Å². The highest BCUT2D eigenvalue weighted by Crippen LogP contribution is 2.13. The van der Waals surface area contributed by atoms with Gasteiger partial charge in [-0.25, -0.2) is 0 Å². The second-order valence-corrected chi connectivity index (χ2v) is 5.08. The minimum absolute atomic E-state index is 0.0988. The Balaban J connectivity index is 1.86. The molecule has 122 valence electrons. The van der Waals surface area contributed by atoms with Crippen molar-refractivity contribution >= 4 is 5.91 Å². The maximum absolute atomic E-state index is 12.1. The monoisotopic (exact) mass is 310 g/mol. The van der Waals surface area contributed by atoms with E-state index in [1.807, 2.05) is 0 Å². The van der Waals surface area contributed by atoms with Gasteiger partial charge in [-0.05, 0) is 13.5 Å². The molecule has 1 fully saturated rings. The number of morpholine rings is 1. The number of rotatable bonds is 6. The van der Waals surface area contributed by atoms with Gasteiger partial charge in [0, 0.05) is 25.7 Å². The van der Waals surface area contributed by atoms with E-state index < -0.39 is 0 Å². The van der Waals surface area contributed by atoms with E-state index >= 15 is 0 Å². The van der Waals surface area contributed by atoms with E-state index in [0.717, 1.165) is 26.1 Å². The van der Waals surface area contributed by atoms with Gasteiger partial charge in [-0.1, -0.05) is 0 Å². The Morgan fingerprint density at radius 2 is 2.27 bits per heavy atom. The van der Waals surface area contributed by atoms with Gasteiger partial charge in [0.15, 0.2) is 0 Å². The lowest BCUT2D eigenvalue weighted by Crippen LogP contribution is -2.41. The minimum Gasteiger partial charge on any atom is -0.481 e. The molecule has 8 nitrogen and oxygen atoms in total. The number of carbonyl (C=O) groups excluding carboxylic acids is 1. The maximum atomic E-state index is 12.1. The van der Waals surface area contributed by atoms with Crippen LogP contribution in [0, 0.1) is 0 Å². The Morgan fingerprint density at radius 3 is 2.95 bits per heavy atom. The summed E-state index contributed by atoms with van der Waals surface area (Å²) in [6.07, 6.45) is 0.906. The summed E-state index contributed by atoms with van der Waals surface area (Å²) in [5.74, 6) is -0.00240. The first-order valence-corrected chi connectivity index (χ1v) is 7.17. The molecule has 2 rings (SSSR count). The Bertz CT molecular complexity index is 489. The molecule has 0 aliphatic carbocycles. The molecule has 1 amide bonds. The Morgan fingerprint density at radius 1 is 1.45 bits per heavy atom. The summed E-state index contributed by atoms with van der Waals surface area (Å²) in [6.45, 7) is 3.08. The number of nitrogens with zero attached hydrogens (tertiary/aromatic N) is 3. The van der Waals surface area contributed by atoms with E-state index in [2.05, 4.69) is 27.2 Å². The first-order chi connectivity index (χ1) is 10.6. The Kier molecular flexibility index (Phi) is 5.91. The molecule has 1 aliphatic heterocycles. The van der Waals surface area contributed by atoms with Gasteiger partial charge in [-0.15, -0.1) is 0 Å². The van der Waals surface area contributed by atoms with Gasteiger partial charge in [0.1, 0.15) is 5.69 Å². The van der Waals surface area contributed by atoms with Gasteiger partial charge in [-0.2, -0.15) is 9.97 Å². The van der Waals surface area contributed by atoms with E-state index in [4.69, 9.17) is 14.2 Å². The number of nitrogens with one attached hydrogen (secondary N) is 1. The smallest absolute Gasteiger partial charge is 0.320 e. The summed E-state index contributed by atoms with van der Waals surface area (Å²) < 4.78 is 15.6. The third kappa shape index (κ3) is 4.54. The number of likely N-dealkylation sites (N-methyl/N-ethyl adjacent to an activating group) is 1. The first-order valence-electron chi connectivity index (χ1n) is 7.17. The summed E-state index contributed by atoms with van der Waals surface area (Å²) >= 11 is 0. The summed E-state index contributed by atoms with van der Waals surface area (Å²) in [7, 11) is 4.97. The molecule has 0 bridgehead atoms. The lowest BCUT2D eigenvalue weighted by molar-refractivity contribution is -0.0226. The second-order valence-electron chi connectivity index (χ2n) is 5.08. The van der Waals surface area contributed by atoms with Crippen LogP contribution in [-0.4, -0.2) is 74.4 Å². The van der Waals surface area contributed by atoms with E-state index in [1.165, 1.54) is 20.3 Å². The number of hydrogen-bond acceptors (Lipinski definition) is 7. The van der Waals surface area contributed by atoms with Crippen LogP contribution in [0.3, 0.4) is 0 Å². The molecule has 8 heteroatoms. The molecular weight excluding hydrogens is 288 g/mol. The van der Waals surface area contributed by atoms with Crippen LogP contribution in [-0.2, 0) is 4.74 Å². The fourth-order valence-electron chi connectivity index (χ4n) is 2.19. The van der Waals surface area contributed by atoms with Crippen molar-refractivity contribution in [1.29, 1.82) is 0 Å². The topological polar surface area (TPSA) is 85.8 Å². The number of aromatic nitrogens is 2. The van der Waals surface area contributed by atoms with Gasteiger partial charge in [0.2, 0.25) is 5.88 Å². The van der Waals surface area contributed by atoms with Crippen molar-refractivity contribution in [3.63, 3.8) is 0 Å². The Hall–Kier alpha value is -1.93. The first kappa shape index (κ1) is 16.4. The van der Waals surface area contributed by atoms with Crippen molar-refractivity contribution in [2.24, 2.45) is 0 Å². The zero-order valence-electron chi connectivity index (χ0n) is 13.2. The molecule has 1 saturated heterocycles. The number of ether oxygens (including phenoxy) is 3. The SMILES string of the molecule is COc1cc(C(=O)NCC[C@H]2CN(C)CCO2)nc(OC)n1. The second kappa shape index (κ2) is 7.90. The average molecular weight is 310 g/mol. The summed E-state index contributed by atoms with van der Waals surface area (Å²) in [4.78, 5) is 22.3. The molecular formula is C14H22N4O4. The van der Waals surface area contributed by atoms with Crippen LogP contribution in [0.15, 0.2) is 6.07 Å². The molecule has 0 unspecified atom stereocenters. The molecule has 0 spiro atoms. The zero-order chi connectivity index (χ0) is 15.9. The van der Waals surface area contributed by atoms with Gasteiger partial charge < -0.3 is 24.4 Å². The Labute approximate surface area is 129 Å². The standard InChI is InChI=1S/C14H22N4O4/c1-18-6-7-22-10(9-18)4-5-15-13(19)11-8-12(20-2)17-14(16-11)21-3/h8,10H,4-7,9H2,1-3H3,(H,15,19)/t10-/m0/s1. The third-order valence-corrected chi connectivity index (χ3v) is 3.40. The van der Waals surface area contributed by atoms with Crippen LogP contribution in [0.5, 0.6) is 11.9 Å². The number of hydrogen-bond donors (Lipinski definition) is 1. The van der Waals surface area contributed by atoms with E-state index in [-0.39, 0.29) is 29.6 Å². The minimum atomic E-state index is -0.289. The average Bonchev–Trinajstić information content (AvgIpc) is 2.54. The molecule has 0 aromatic carbocycles. The fourth-order valence-corrected chi connectivity index (χ4v) is 2.19. The lowest BCUT2D eigenvalue weighted by atomic mass is 10.2. The van der Waals surface area contributed by atoms with Crippen molar-refractivity contribution in [3.8, 4) is 11.9 Å². The van der Waals surface area contributed by atoms with Crippen molar-refractivity contribution in [1.82, 2.24) is 20.2 Å². The van der Waals surface area contributed by atoms with E-state index in [0.29, 0.717) is 6.54 Å². The largest absolute Gasteiger partial charge is 0.481 e. The molecule has 22 heavy (non-hydrogen) atoms. The summed E-state index contributed by atoms with van der Waals surface area (Å²) in [5.41, 5.74) is 0.213. The molecule has 1 aromatic heterocycles. The van der Waals surface area contributed by atoms with Crippen molar-refractivity contribution in [2.75, 3.05) is 47.5 Å². The predicted molar refractivity (Wildman–Crippen MR) is 79.3 cm³/mol. The highest BCUT2D eigenvalue weighted by molar-refractivity contribution is 5.92. The normalized spacial score (nSPS) is 18.8. The van der Waals surface area contributed by atoms with E-state index in [1.54, 1.807) is 0 Å². The van der Waals surface area contributed by atoms with Crippen LogP contribution >= 0.6 is 0 Å². The molecule has 1 aromatic rings. The highest BCUT2D eigenvalue weighted by atomic mass is 16.5. The van der Waals surface area contributed by atoms with Crippen LogP contribution in [0.2, 0.25) is 0 Å².